The van der Waals surface area contributed by atoms with Gasteiger partial charge in [-0.05, 0) is 140 Å². The van der Waals surface area contributed by atoms with Crippen molar-refractivity contribution in [1.82, 2.24) is 39.5 Å². The lowest BCUT2D eigenvalue weighted by molar-refractivity contribution is 0.415. The fourth-order valence-electron chi connectivity index (χ4n) is 6.33. The number of rotatable bonds is 7. The molecule has 0 bridgehead atoms. The number of fused-ring (bicyclic) bond motifs is 2. The van der Waals surface area contributed by atoms with Crippen molar-refractivity contribution in [3.63, 3.8) is 0 Å². The minimum Gasteiger partial charge on any atom is -0.495 e. The van der Waals surface area contributed by atoms with Crippen LogP contribution in [0, 0.1) is 13.8 Å². The fraction of sp³-hybridized carbons (Fsp3) is 0.120. The van der Waals surface area contributed by atoms with E-state index in [1.165, 1.54) is 17.5 Å². The predicted octanol–water partition coefficient (Wildman–Crippen LogP) is 14.4. The summed E-state index contributed by atoms with van der Waals surface area (Å²) in [6.07, 6.45) is 5.82. The molecule has 5 aromatic carbocycles. The second-order valence-electron chi connectivity index (χ2n) is 14.7. The van der Waals surface area contributed by atoms with Crippen LogP contribution in [0.4, 0.5) is 34.4 Å². The Morgan fingerprint density at radius 1 is 0.571 bits per heavy atom. The van der Waals surface area contributed by atoms with Gasteiger partial charge in [0.15, 0.2) is 0 Å². The number of aliphatic imine (C=N–C) groups is 1. The quantitative estimate of drug-likeness (QED) is 0.0783. The minimum absolute atomic E-state index is 0.178. The van der Waals surface area contributed by atoms with Crippen molar-refractivity contribution >= 4 is 121 Å². The Bertz CT molecular complexity index is 3210. The average Bonchev–Trinajstić information content (AvgIpc) is 3.89. The molecule has 5 heterocycles. The molecule has 0 spiro atoms. The summed E-state index contributed by atoms with van der Waals surface area (Å²) in [5.74, 6) is 3.90. The summed E-state index contributed by atoms with van der Waals surface area (Å²) in [5.41, 5.74) is 14.4. The molecule has 70 heavy (non-hydrogen) atoms. The van der Waals surface area contributed by atoms with Gasteiger partial charge in [0, 0.05) is 52.8 Å². The molecule has 0 unspecified atom stereocenters. The lowest BCUT2D eigenvalue weighted by Gasteiger charge is -2.10. The zero-order chi connectivity index (χ0) is 50.2. The lowest BCUT2D eigenvalue weighted by atomic mass is 10.1. The first kappa shape index (κ1) is 52.6. The molecule has 14 nitrogen and oxygen atoms in total. The molecule has 1 aliphatic heterocycles. The summed E-state index contributed by atoms with van der Waals surface area (Å²) >= 11 is 34.4. The number of halogens is 6. The van der Waals surface area contributed by atoms with Gasteiger partial charge in [-0.3, -0.25) is 9.56 Å². The molecule has 0 saturated carbocycles. The highest BCUT2D eigenvalue weighted by Crippen LogP contribution is 2.30. The largest absolute Gasteiger partial charge is 0.495 e. The van der Waals surface area contributed by atoms with E-state index in [0.29, 0.717) is 50.0 Å². The van der Waals surface area contributed by atoms with Crippen molar-refractivity contribution in [3.8, 4) is 17.4 Å². The average molecular weight is 1060 g/mol. The van der Waals surface area contributed by atoms with E-state index < -0.39 is 0 Å². The summed E-state index contributed by atoms with van der Waals surface area (Å²) < 4.78 is 12.2. The van der Waals surface area contributed by atoms with Crippen molar-refractivity contribution in [1.29, 1.82) is 0 Å². The van der Waals surface area contributed by atoms with Gasteiger partial charge in [0.25, 0.3) is 0 Å². The highest BCUT2D eigenvalue weighted by atomic mass is 35.5. The van der Waals surface area contributed by atoms with Crippen LogP contribution >= 0.6 is 69.6 Å². The van der Waals surface area contributed by atoms with Crippen molar-refractivity contribution < 1.29 is 9.47 Å². The van der Waals surface area contributed by atoms with Crippen molar-refractivity contribution in [2.45, 2.75) is 27.2 Å². The zero-order valence-corrected chi connectivity index (χ0v) is 42.7. The Labute approximate surface area is 434 Å². The number of methoxy groups -OCH3 is 2. The molecule has 10 rings (SSSR count). The van der Waals surface area contributed by atoms with Crippen LogP contribution in [-0.4, -0.2) is 59.4 Å². The Balaban J connectivity index is 0.000000156. The lowest BCUT2D eigenvalue weighted by Crippen LogP contribution is -2.05. The molecule has 4 aromatic heterocycles. The Hall–Kier alpha value is -6.78. The first-order valence-electron chi connectivity index (χ1n) is 20.9. The number of hydrogen-bond donors (Lipinski definition) is 3. The van der Waals surface area contributed by atoms with Crippen LogP contribution in [-0.2, 0) is 6.42 Å². The number of nitrogens with one attached hydrogen (secondary N) is 2. The maximum Gasteiger partial charge on any atom is 0.237 e. The Morgan fingerprint density at radius 3 is 1.71 bits per heavy atom. The Kier molecular flexibility index (Phi) is 19.3. The number of nitrogens with two attached hydrogens (primary N) is 1. The van der Waals surface area contributed by atoms with Gasteiger partial charge in [-0.25, -0.2) is 29.9 Å². The number of anilines is 5. The summed E-state index contributed by atoms with van der Waals surface area (Å²) in [5, 5.41) is 8.82. The van der Waals surface area contributed by atoms with E-state index >= 15 is 0 Å². The number of nitrogen functional groups attached to an aromatic ring is 1. The molecule has 0 aliphatic carbocycles. The van der Waals surface area contributed by atoms with Crippen LogP contribution in [0.3, 0.4) is 0 Å². The fourth-order valence-corrected chi connectivity index (χ4v) is 7.51. The molecule has 0 amide bonds. The van der Waals surface area contributed by atoms with E-state index in [4.69, 9.17) is 84.8 Å². The number of aromatic nitrogens is 8. The molecular weight excluding hydrogens is 1010 g/mol. The third-order valence-electron chi connectivity index (χ3n) is 9.58. The number of ether oxygens (including phenoxy) is 2. The van der Waals surface area contributed by atoms with E-state index in [1.807, 2.05) is 73.0 Å². The zero-order valence-electron chi connectivity index (χ0n) is 38.2. The first-order valence-corrected chi connectivity index (χ1v) is 23.2. The van der Waals surface area contributed by atoms with Crippen LogP contribution in [0.25, 0.3) is 17.0 Å². The van der Waals surface area contributed by atoms with Gasteiger partial charge in [-0.15, -0.1) is 0 Å². The van der Waals surface area contributed by atoms with Crippen LogP contribution in [0.1, 0.15) is 23.9 Å². The van der Waals surface area contributed by atoms with Gasteiger partial charge >= 0.3 is 0 Å². The second kappa shape index (κ2) is 25.7. The monoisotopic (exact) mass is 1050 g/mol. The summed E-state index contributed by atoms with van der Waals surface area (Å²) in [6, 6.07) is 37.6. The molecule has 0 saturated heterocycles. The normalized spacial score (nSPS) is 10.9. The topological polar surface area (TPSA) is 176 Å². The summed E-state index contributed by atoms with van der Waals surface area (Å²) in [6.45, 7) is 5.95. The number of imidazole rings is 1. The number of para-hydroxylation sites is 3. The van der Waals surface area contributed by atoms with Crippen LogP contribution in [0.5, 0.6) is 11.5 Å². The van der Waals surface area contributed by atoms with Crippen molar-refractivity contribution in [2.24, 2.45) is 4.99 Å². The molecule has 4 N–H and O–H groups in total. The maximum atomic E-state index is 6.18. The van der Waals surface area contributed by atoms with Gasteiger partial charge in [0.2, 0.25) is 16.5 Å². The second-order valence-corrected chi connectivity index (χ2v) is 17.0. The van der Waals surface area contributed by atoms with Crippen molar-refractivity contribution in [2.75, 3.05) is 30.6 Å². The van der Waals surface area contributed by atoms with Gasteiger partial charge < -0.3 is 25.8 Å². The molecule has 1 aliphatic rings. The van der Waals surface area contributed by atoms with Gasteiger partial charge in [0.05, 0.1) is 41.0 Å². The van der Waals surface area contributed by atoms with Crippen LogP contribution in [0.15, 0.2) is 145 Å². The highest BCUT2D eigenvalue weighted by molar-refractivity contribution is 6.33. The Morgan fingerprint density at radius 2 is 1.16 bits per heavy atom. The smallest absolute Gasteiger partial charge is 0.237 e. The molecule has 9 aromatic rings. The van der Waals surface area contributed by atoms with Crippen LogP contribution < -0.4 is 25.8 Å². The highest BCUT2D eigenvalue weighted by Gasteiger charge is 2.13. The van der Waals surface area contributed by atoms with E-state index in [-0.39, 0.29) is 10.6 Å². The minimum atomic E-state index is 0.178. The summed E-state index contributed by atoms with van der Waals surface area (Å²) in [7, 11) is 3.15. The molecule has 0 atom stereocenters. The van der Waals surface area contributed by atoms with E-state index in [2.05, 4.69) is 75.6 Å². The standard InChI is InChI=1S/C19H16ClN5O.C11H9Cl2N3O.C9H9N.C7H8ClN.C4H2Cl2N2/c1-12-22-15-5-3-4-6-16(15)25(12)19-21-10-9-18(24-19)23-13-7-8-17(26-2)14(20)11-13;1-17-9-3-2-7(6-8(9)12)15-10-4-5-14-11(13)16-10;1-7-6-8-4-2-3-5-9(8)10-7;1-5-2-3-6(9)4-7(5)8;5-3-1-2-7-4(6)8-3/h3-11H,1-2H3,(H,21,23,24);2-6H,1H3,(H,14,15,16);2-5H,6H2,1H3;2-4H,9H2,1H3;1-2H. The van der Waals surface area contributed by atoms with E-state index in [0.717, 1.165) is 50.9 Å². The van der Waals surface area contributed by atoms with Gasteiger partial charge in [-0.1, -0.05) is 82.8 Å². The van der Waals surface area contributed by atoms with Crippen molar-refractivity contribution in [3.05, 3.63) is 188 Å². The first-order chi connectivity index (χ1) is 33.7. The van der Waals surface area contributed by atoms with E-state index in [1.54, 1.807) is 75.1 Å². The number of nitrogens with zero attached hydrogens (tertiary/aromatic N) is 9. The SMILES string of the molecule is CC1=Nc2ccccc2C1.COc1ccc(Nc2ccnc(-n3c(C)nc4ccccc43)n2)cc1Cl.COc1ccc(Nc2ccnc(Cl)n2)cc1Cl.Cc1ccc(N)cc1Cl.Clc1ccnc(Cl)n1. The molecule has 0 radical (unpaired) electrons. The third kappa shape index (κ3) is 15.4. The molecule has 358 valence electrons. The van der Waals surface area contributed by atoms with Gasteiger partial charge in [0.1, 0.15) is 34.1 Å². The number of aryl methyl sites for hydroxylation is 2. The summed E-state index contributed by atoms with van der Waals surface area (Å²) in [4.78, 5) is 33.0. The van der Waals surface area contributed by atoms with Gasteiger partial charge in [-0.2, -0.15) is 4.98 Å². The third-order valence-corrected chi connectivity index (χ3v) is 11.2. The van der Waals surface area contributed by atoms with E-state index in [9.17, 15) is 0 Å². The number of benzene rings is 5. The molecule has 0 fully saturated rings. The predicted molar refractivity (Wildman–Crippen MR) is 287 cm³/mol. The van der Waals surface area contributed by atoms with Crippen LogP contribution in [0.2, 0.25) is 30.8 Å². The number of hydrogen-bond acceptors (Lipinski definition) is 13. The molecule has 20 heteroatoms. The maximum absolute atomic E-state index is 6.18. The molecular formula is C50H44Cl6N12O2.